The molecule has 3 aliphatic rings. The summed E-state index contributed by atoms with van der Waals surface area (Å²) in [4.78, 5) is 80.7. The summed E-state index contributed by atoms with van der Waals surface area (Å²) >= 11 is 0. The molecule has 4 aromatic rings. The normalized spacial score (nSPS) is 21.5. The number of hydrogen-bond donors (Lipinski definition) is 4. The number of likely N-dealkylation sites (N-methyl/N-ethyl adjacent to an activating group) is 2. The molecular weight excluding hydrogens is 893 g/mol. The van der Waals surface area contributed by atoms with Gasteiger partial charge in [-0.05, 0) is 118 Å². The van der Waals surface area contributed by atoms with E-state index in [9.17, 15) is 34.2 Å². The molecule has 2 aromatic heterocycles. The first-order valence-corrected chi connectivity index (χ1v) is 24.4. The van der Waals surface area contributed by atoms with E-state index < -0.39 is 58.4 Å². The van der Waals surface area contributed by atoms with Gasteiger partial charge in [0.25, 0.3) is 5.91 Å². The van der Waals surface area contributed by atoms with Crippen LogP contribution in [0.2, 0.25) is 0 Å². The number of benzene rings is 2. The van der Waals surface area contributed by atoms with E-state index in [1.165, 1.54) is 4.90 Å². The monoisotopic (exact) mass is 965 g/mol. The maximum atomic E-state index is 14.8. The molecule has 0 unspecified atom stereocenters. The van der Waals surface area contributed by atoms with Crippen LogP contribution in [0, 0.1) is 17.3 Å². The van der Waals surface area contributed by atoms with E-state index in [0.717, 1.165) is 43.9 Å². The van der Waals surface area contributed by atoms with Gasteiger partial charge in [0.15, 0.2) is 0 Å². The van der Waals surface area contributed by atoms with Gasteiger partial charge >= 0.3 is 5.97 Å². The van der Waals surface area contributed by atoms with E-state index in [1.54, 1.807) is 37.4 Å². The summed E-state index contributed by atoms with van der Waals surface area (Å²) in [5.74, 6) is -3.52. The highest BCUT2D eigenvalue weighted by Gasteiger charge is 2.46. The number of aryl methyl sites for hydroxylation is 1. The number of hydrogen-bond acceptors (Lipinski definition) is 12. The molecule has 2 fully saturated rings. The molecule has 7 rings (SSSR count). The Kier molecular flexibility index (Phi) is 15.2. The van der Waals surface area contributed by atoms with Crippen molar-refractivity contribution in [2.24, 2.45) is 17.3 Å². The number of ether oxygens (including phenoxy) is 2. The zero-order chi connectivity index (χ0) is 51.0. The Balaban J connectivity index is 1.28. The van der Waals surface area contributed by atoms with Gasteiger partial charge in [-0.2, -0.15) is 5.43 Å². The summed E-state index contributed by atoms with van der Waals surface area (Å²) in [7, 11) is 6.90. The second kappa shape index (κ2) is 20.5. The minimum Gasteiger partial charge on any atom is -0.508 e. The number of methoxy groups -OCH3 is 1. The predicted molar refractivity (Wildman–Crippen MR) is 266 cm³/mol. The van der Waals surface area contributed by atoms with Crippen LogP contribution >= 0.6 is 0 Å². The summed E-state index contributed by atoms with van der Waals surface area (Å²) in [5, 5.41) is 28.3. The Morgan fingerprint density at radius 1 is 1.06 bits per heavy atom. The zero-order valence-electron chi connectivity index (χ0n) is 42.7. The Morgan fingerprint density at radius 2 is 1.80 bits per heavy atom. The van der Waals surface area contributed by atoms with Crippen LogP contribution in [0.25, 0.3) is 33.3 Å². The molecule has 0 saturated carbocycles. The molecule has 3 aliphatic heterocycles. The van der Waals surface area contributed by atoms with Crippen LogP contribution in [-0.4, -0.2) is 147 Å². The Morgan fingerprint density at radius 3 is 2.49 bits per heavy atom. The van der Waals surface area contributed by atoms with Gasteiger partial charge in [-0.1, -0.05) is 39.8 Å². The van der Waals surface area contributed by atoms with E-state index in [1.807, 2.05) is 84.9 Å². The molecule has 17 heteroatoms. The highest BCUT2D eigenvalue weighted by Crippen LogP contribution is 2.42. The van der Waals surface area contributed by atoms with Crippen molar-refractivity contribution in [3.63, 3.8) is 0 Å². The van der Waals surface area contributed by atoms with E-state index in [-0.39, 0.29) is 56.5 Å². The largest absolute Gasteiger partial charge is 0.508 e. The van der Waals surface area contributed by atoms with Crippen LogP contribution in [-0.2, 0) is 59.4 Å². The minimum absolute atomic E-state index is 0.0393. The van der Waals surface area contributed by atoms with E-state index in [0.29, 0.717) is 43.7 Å². The predicted octanol–water partition coefficient (Wildman–Crippen LogP) is 4.88. The molecule has 4 amide bonds. The molecule has 0 aliphatic carbocycles. The molecule has 0 spiro atoms. The fourth-order valence-corrected chi connectivity index (χ4v) is 10.3. The number of likely N-dealkylation sites (tertiary alicyclic amines) is 1. The first-order chi connectivity index (χ1) is 33.0. The van der Waals surface area contributed by atoms with E-state index in [2.05, 4.69) is 39.4 Å². The summed E-state index contributed by atoms with van der Waals surface area (Å²) in [6.07, 6.45) is 4.58. The number of aromatic hydroxyl groups is 1. The fraction of sp³-hybridized carbons (Fsp3) is 0.547. The highest BCUT2D eigenvalue weighted by atomic mass is 16.6. The molecule has 378 valence electrons. The van der Waals surface area contributed by atoms with Crippen molar-refractivity contribution >= 4 is 40.5 Å². The van der Waals surface area contributed by atoms with Gasteiger partial charge in [0.05, 0.1) is 30.4 Å². The highest BCUT2D eigenvalue weighted by molar-refractivity contribution is 5.96. The number of pyridine rings is 1. The lowest BCUT2D eigenvalue weighted by Crippen LogP contribution is -2.67. The van der Waals surface area contributed by atoms with Gasteiger partial charge in [-0.25, -0.2) is 4.79 Å². The summed E-state index contributed by atoms with van der Waals surface area (Å²) < 4.78 is 13.8. The first kappa shape index (κ1) is 52.0. The van der Waals surface area contributed by atoms with Crippen molar-refractivity contribution in [3.8, 4) is 28.1 Å². The third-order valence-corrected chi connectivity index (χ3v) is 14.5. The smallest absolute Gasteiger partial charge is 0.355 e. The number of phenolic OH excluding ortho intramolecular Hbond substituents is 1. The second-order valence-electron chi connectivity index (χ2n) is 21.2. The molecule has 5 heterocycles. The van der Waals surface area contributed by atoms with Crippen LogP contribution in [0.15, 0.2) is 54.9 Å². The molecule has 4 N–H and O–H groups in total. The van der Waals surface area contributed by atoms with Gasteiger partial charge in [-0.15, -0.1) is 0 Å². The maximum absolute atomic E-state index is 14.8. The van der Waals surface area contributed by atoms with Crippen molar-refractivity contribution in [1.82, 2.24) is 40.0 Å². The van der Waals surface area contributed by atoms with Gasteiger partial charge < -0.3 is 39.4 Å². The van der Waals surface area contributed by atoms with Crippen molar-refractivity contribution in [2.75, 3.05) is 54.5 Å². The number of nitrogens with one attached hydrogen (secondary N) is 2. The van der Waals surface area contributed by atoms with Crippen molar-refractivity contribution in [2.45, 2.75) is 117 Å². The molecule has 17 nitrogen and oxygen atoms in total. The van der Waals surface area contributed by atoms with E-state index in [4.69, 9.17) is 9.47 Å². The average molecular weight is 965 g/mol. The number of fused-ring (bicyclic) bond motifs is 6. The first-order valence-electron chi connectivity index (χ1n) is 24.4. The lowest BCUT2D eigenvalue weighted by molar-refractivity contribution is -0.189. The standard InChI is InChI=1S/C53H72N8O9/c1-12-60-43-15-14-34-26-39(43)40(45(60)41-28-54-19-16-36(41)30-69-11)27-51(4,5)31-70-50(67)53(68)18-13-20-61(56-53)48(65)42(24-33-22-37(34)25-38(62)23-33)55-46(63)44(32(2)3)58(10)47(64)35-17-21-59(29-35)49(66)52(6,7)57(8)9/h14-16,19,22-23,25-26,28,32,35,42,44,56,62,68H,12-13,17-18,20-21,24,27,29-31H2,1-11H3,(H,55,63)/t35-,42-,44-,53-/m0/s1. The Bertz CT molecular complexity index is 2640. The quantitative estimate of drug-likeness (QED) is 0.149. The van der Waals surface area contributed by atoms with Crippen LogP contribution in [0.1, 0.15) is 84.4 Å². The summed E-state index contributed by atoms with van der Waals surface area (Å²) in [6.45, 7) is 15.0. The van der Waals surface area contributed by atoms with Gasteiger partial charge in [0.1, 0.15) is 17.8 Å². The number of nitrogens with zero attached hydrogens (tertiary/aromatic N) is 6. The van der Waals surface area contributed by atoms with Crippen LogP contribution in [0.5, 0.6) is 5.75 Å². The van der Waals surface area contributed by atoms with Crippen molar-refractivity contribution < 1.29 is 43.7 Å². The van der Waals surface area contributed by atoms with Crippen molar-refractivity contribution in [1.29, 1.82) is 0 Å². The molecule has 0 radical (unpaired) electrons. The van der Waals surface area contributed by atoms with Crippen LogP contribution in [0.4, 0.5) is 0 Å². The number of esters is 1. The van der Waals surface area contributed by atoms with Gasteiger partial charge in [-0.3, -0.25) is 34.1 Å². The number of rotatable bonds is 11. The third-order valence-electron chi connectivity index (χ3n) is 14.5. The maximum Gasteiger partial charge on any atom is 0.355 e. The average Bonchev–Trinajstić information content (AvgIpc) is 3.92. The topological polar surface area (TPSA) is 199 Å². The van der Waals surface area contributed by atoms with Gasteiger partial charge in [0.2, 0.25) is 23.4 Å². The number of aromatic nitrogens is 2. The van der Waals surface area contributed by atoms with E-state index >= 15 is 0 Å². The van der Waals surface area contributed by atoms with Crippen LogP contribution in [0.3, 0.4) is 0 Å². The SMILES string of the molecule is CCn1c(-c2cnccc2COC)c2c3cc(ccc31)-c1cc(O)cc(c1)C[C@H](NC(=O)[C@H](C(C)C)N(C)C(=O)[C@H]1CCN(C(=O)C(C)(C)N(C)C)C1)C(=O)N1CCC[C@@](O)(N1)C(=O)OCC(C)(C)C2. The third kappa shape index (κ3) is 10.4. The van der Waals surface area contributed by atoms with Crippen molar-refractivity contribution in [3.05, 3.63) is 71.5 Å². The number of carbonyl (C=O) groups is 5. The van der Waals surface area contributed by atoms with Crippen LogP contribution < -0.4 is 10.7 Å². The summed E-state index contributed by atoms with van der Waals surface area (Å²) in [5.41, 5.74) is 5.83. The van der Waals surface area contributed by atoms with Gasteiger partial charge in [0, 0.05) is 87.5 Å². The zero-order valence-corrected chi connectivity index (χ0v) is 42.7. The summed E-state index contributed by atoms with van der Waals surface area (Å²) in [6, 6.07) is 10.9. The number of amides is 4. The minimum atomic E-state index is -2.27. The lowest BCUT2D eigenvalue weighted by Gasteiger charge is -2.40. The molecule has 2 aromatic carbocycles. The lowest BCUT2D eigenvalue weighted by atomic mass is 9.84. The number of phenols is 1. The molecule has 2 saturated heterocycles. The second-order valence-corrected chi connectivity index (χ2v) is 21.2. The molecular formula is C53H72N8O9. The molecule has 6 bridgehead atoms. The number of cyclic esters (lactones) is 1. The fourth-order valence-electron chi connectivity index (χ4n) is 10.3. The molecule has 70 heavy (non-hydrogen) atoms. The number of carbonyl (C=O) groups excluding carboxylic acids is 5. The number of aliphatic hydroxyl groups is 1. The number of hydrazine groups is 1. The molecule has 4 atom stereocenters. The Hall–Kier alpha value is -5.88. The Labute approximate surface area is 411 Å².